The lowest BCUT2D eigenvalue weighted by Gasteiger charge is -2.07. The van der Waals surface area contributed by atoms with Crippen molar-refractivity contribution in [3.05, 3.63) is 29.8 Å². The molecule has 0 radical (unpaired) electrons. The molecule has 1 rings (SSSR count). The summed E-state index contributed by atoms with van der Waals surface area (Å²) in [5.74, 6) is 0. The van der Waals surface area contributed by atoms with Gasteiger partial charge in [0.1, 0.15) is 0 Å². The molecule has 5 heteroatoms. The second kappa shape index (κ2) is 3.67. The van der Waals surface area contributed by atoms with E-state index >= 15 is 0 Å². The molecule has 1 aromatic rings. The van der Waals surface area contributed by atoms with E-state index in [0.29, 0.717) is 0 Å². The molecule has 0 aliphatic heterocycles. The van der Waals surface area contributed by atoms with Gasteiger partial charge in [0, 0.05) is 5.69 Å². The van der Waals surface area contributed by atoms with Crippen molar-refractivity contribution in [2.45, 2.75) is 6.18 Å². The summed E-state index contributed by atoms with van der Waals surface area (Å²) in [7, 11) is 0. The minimum atomic E-state index is -4.34. The predicted octanol–water partition coefficient (Wildman–Crippen LogP) is 2.71. The van der Waals surface area contributed by atoms with Crippen LogP contribution in [0.2, 0.25) is 0 Å². The number of halogens is 4. The second-order valence-electron chi connectivity index (χ2n) is 2.09. The van der Waals surface area contributed by atoms with Crippen molar-refractivity contribution in [1.29, 1.82) is 0 Å². The molecule has 0 fully saturated rings. The van der Waals surface area contributed by atoms with Gasteiger partial charge in [-0.3, -0.25) is 0 Å². The van der Waals surface area contributed by atoms with Crippen LogP contribution in [0.15, 0.2) is 24.3 Å². The number of hydrogen-bond acceptors (Lipinski definition) is 1. The highest BCUT2D eigenvalue weighted by molar-refractivity contribution is 5.85. The summed E-state index contributed by atoms with van der Waals surface area (Å²) in [6.07, 6.45) is -4.34. The molecule has 0 spiro atoms. The third-order valence-electron chi connectivity index (χ3n) is 1.27. The van der Waals surface area contributed by atoms with Crippen molar-refractivity contribution in [3.63, 3.8) is 0 Å². The summed E-state index contributed by atoms with van der Waals surface area (Å²) in [6.45, 7) is 0. The van der Waals surface area contributed by atoms with Gasteiger partial charge < -0.3 is 5.73 Å². The van der Waals surface area contributed by atoms with Crippen LogP contribution in [0.1, 0.15) is 5.56 Å². The van der Waals surface area contributed by atoms with Crippen LogP contribution in [0.4, 0.5) is 18.9 Å². The molecule has 1 nitrogen and oxygen atoms in total. The molecule has 0 aliphatic carbocycles. The van der Waals surface area contributed by atoms with Crippen LogP contribution in [0, 0.1) is 0 Å². The molecule has 0 atom stereocenters. The Labute approximate surface area is 73.8 Å². The SMILES string of the molecule is Cl.Nc1ccccc1C(F)(F)F. The van der Waals surface area contributed by atoms with Crippen molar-refractivity contribution in [2.75, 3.05) is 5.73 Å². The number of anilines is 1. The highest BCUT2D eigenvalue weighted by Gasteiger charge is 2.32. The van der Waals surface area contributed by atoms with Gasteiger partial charge in [0.25, 0.3) is 0 Å². The number of rotatable bonds is 0. The van der Waals surface area contributed by atoms with Crippen molar-refractivity contribution in [3.8, 4) is 0 Å². The van der Waals surface area contributed by atoms with Gasteiger partial charge >= 0.3 is 6.18 Å². The minimum Gasteiger partial charge on any atom is -0.398 e. The molecule has 1 aromatic carbocycles. The molecule has 0 unspecified atom stereocenters. The molecule has 12 heavy (non-hydrogen) atoms. The lowest BCUT2D eigenvalue weighted by molar-refractivity contribution is -0.136. The van der Waals surface area contributed by atoms with Gasteiger partial charge in [-0.15, -0.1) is 12.4 Å². The highest BCUT2D eigenvalue weighted by Crippen LogP contribution is 2.32. The van der Waals surface area contributed by atoms with Gasteiger partial charge in [-0.25, -0.2) is 0 Å². The largest absolute Gasteiger partial charge is 0.418 e. The van der Waals surface area contributed by atoms with Crippen molar-refractivity contribution >= 4 is 18.1 Å². The Morgan fingerprint density at radius 3 is 1.92 bits per heavy atom. The van der Waals surface area contributed by atoms with E-state index in [2.05, 4.69) is 0 Å². The molecule has 0 bridgehead atoms. The Kier molecular flexibility index (Phi) is 3.39. The Morgan fingerprint density at radius 2 is 1.58 bits per heavy atom. The molecular formula is C7H7ClF3N. The van der Waals surface area contributed by atoms with Gasteiger partial charge in [0.05, 0.1) is 5.56 Å². The zero-order valence-electron chi connectivity index (χ0n) is 5.93. The van der Waals surface area contributed by atoms with Crippen LogP contribution >= 0.6 is 12.4 Å². The first-order valence-electron chi connectivity index (χ1n) is 2.93. The lowest BCUT2D eigenvalue weighted by atomic mass is 10.2. The summed E-state index contributed by atoms with van der Waals surface area (Å²) >= 11 is 0. The fourth-order valence-electron chi connectivity index (χ4n) is 0.755. The number of nitrogens with two attached hydrogens (primary N) is 1. The molecule has 0 aromatic heterocycles. The van der Waals surface area contributed by atoms with Crippen molar-refractivity contribution in [1.82, 2.24) is 0 Å². The van der Waals surface area contributed by atoms with E-state index < -0.39 is 11.7 Å². The number of benzene rings is 1. The summed E-state index contributed by atoms with van der Waals surface area (Å²) in [6, 6.07) is 4.95. The Morgan fingerprint density at radius 1 is 1.08 bits per heavy atom. The van der Waals surface area contributed by atoms with E-state index in [9.17, 15) is 13.2 Å². The third kappa shape index (κ3) is 2.30. The van der Waals surface area contributed by atoms with Crippen LogP contribution in [0.25, 0.3) is 0 Å². The first-order valence-corrected chi connectivity index (χ1v) is 2.93. The van der Waals surface area contributed by atoms with Crippen LogP contribution in [-0.4, -0.2) is 0 Å². The average Bonchev–Trinajstić information content (AvgIpc) is 1.86. The summed E-state index contributed by atoms with van der Waals surface area (Å²) in [5.41, 5.74) is 4.07. The summed E-state index contributed by atoms with van der Waals surface area (Å²) in [5, 5.41) is 0. The normalized spacial score (nSPS) is 10.6. The topological polar surface area (TPSA) is 26.0 Å². The summed E-state index contributed by atoms with van der Waals surface area (Å²) in [4.78, 5) is 0. The van der Waals surface area contributed by atoms with E-state index in [4.69, 9.17) is 5.73 Å². The van der Waals surface area contributed by atoms with Crippen molar-refractivity contribution in [2.24, 2.45) is 0 Å². The molecular weight excluding hydrogens is 191 g/mol. The second-order valence-corrected chi connectivity index (χ2v) is 2.09. The molecule has 0 saturated heterocycles. The van der Waals surface area contributed by atoms with Crippen LogP contribution in [0.3, 0.4) is 0 Å². The zero-order valence-corrected chi connectivity index (χ0v) is 6.75. The van der Waals surface area contributed by atoms with Crippen LogP contribution in [0.5, 0.6) is 0 Å². The Bertz CT molecular complexity index is 259. The lowest BCUT2D eigenvalue weighted by Crippen LogP contribution is -2.07. The molecule has 2 N–H and O–H groups in total. The maximum Gasteiger partial charge on any atom is 0.418 e. The Balaban J connectivity index is 0.00000121. The van der Waals surface area contributed by atoms with E-state index in [-0.39, 0.29) is 18.1 Å². The van der Waals surface area contributed by atoms with Gasteiger partial charge in [-0.2, -0.15) is 13.2 Å². The Hall–Kier alpha value is -0.900. The van der Waals surface area contributed by atoms with Gasteiger partial charge in [-0.1, -0.05) is 12.1 Å². The number of nitrogen functional groups attached to an aromatic ring is 1. The maximum atomic E-state index is 12.0. The fourth-order valence-corrected chi connectivity index (χ4v) is 0.755. The van der Waals surface area contributed by atoms with E-state index in [1.165, 1.54) is 18.2 Å². The molecule has 68 valence electrons. The standard InChI is InChI=1S/C7H6F3N.ClH/c8-7(9,10)5-3-1-2-4-6(5)11;/h1-4H,11H2;1H. The van der Waals surface area contributed by atoms with E-state index in [1.807, 2.05) is 0 Å². The average molecular weight is 198 g/mol. The third-order valence-corrected chi connectivity index (χ3v) is 1.27. The zero-order chi connectivity index (χ0) is 8.48. The predicted molar refractivity (Wildman–Crippen MR) is 43.1 cm³/mol. The molecule has 0 amide bonds. The number of para-hydroxylation sites is 1. The molecule has 0 heterocycles. The number of alkyl halides is 3. The highest BCUT2D eigenvalue weighted by atomic mass is 35.5. The fraction of sp³-hybridized carbons (Fsp3) is 0.143. The quantitative estimate of drug-likeness (QED) is 0.636. The first kappa shape index (κ1) is 11.1. The van der Waals surface area contributed by atoms with Crippen LogP contribution < -0.4 is 5.73 Å². The first-order chi connectivity index (χ1) is 5.02. The van der Waals surface area contributed by atoms with Gasteiger partial charge in [0.15, 0.2) is 0 Å². The smallest absolute Gasteiger partial charge is 0.398 e. The van der Waals surface area contributed by atoms with Crippen LogP contribution in [-0.2, 0) is 6.18 Å². The van der Waals surface area contributed by atoms with E-state index in [0.717, 1.165) is 6.07 Å². The minimum absolute atomic E-state index is 0. The summed E-state index contributed by atoms with van der Waals surface area (Å²) < 4.78 is 35.9. The van der Waals surface area contributed by atoms with Gasteiger partial charge in [0.2, 0.25) is 0 Å². The number of hydrogen-bond donors (Lipinski definition) is 1. The molecule has 0 aliphatic rings. The van der Waals surface area contributed by atoms with Crippen molar-refractivity contribution < 1.29 is 13.2 Å². The van der Waals surface area contributed by atoms with E-state index in [1.54, 1.807) is 0 Å². The monoisotopic (exact) mass is 197 g/mol. The molecule has 0 saturated carbocycles. The van der Waals surface area contributed by atoms with Gasteiger partial charge in [-0.05, 0) is 12.1 Å². The maximum absolute atomic E-state index is 12.0.